The van der Waals surface area contributed by atoms with E-state index in [9.17, 15) is 18.0 Å². The molecule has 14 heavy (non-hydrogen) atoms. The zero-order valence-corrected chi connectivity index (χ0v) is 9.07. The summed E-state index contributed by atoms with van der Waals surface area (Å²) in [6.45, 7) is 4.00. The molecule has 0 radical (unpaired) electrons. The van der Waals surface area contributed by atoms with Crippen LogP contribution in [0.2, 0.25) is 0 Å². The summed E-state index contributed by atoms with van der Waals surface area (Å²) in [6, 6.07) is 0. The maximum Gasteiger partial charge on any atom is 0.455 e. The van der Waals surface area contributed by atoms with E-state index >= 15 is 0 Å². The van der Waals surface area contributed by atoms with Crippen molar-refractivity contribution in [3.05, 3.63) is 15.0 Å². The number of carbonyl (C=O) groups is 1. The van der Waals surface area contributed by atoms with Gasteiger partial charge >= 0.3 is 6.18 Å². The Bertz CT molecular complexity index is 352. The van der Waals surface area contributed by atoms with Gasteiger partial charge in [0.2, 0.25) is 0 Å². The Hall–Kier alpha value is -0.690. The molecule has 0 aliphatic carbocycles. The third-order valence-electron chi connectivity index (χ3n) is 1.01. The van der Waals surface area contributed by atoms with E-state index in [0.717, 1.165) is 6.20 Å². The highest BCUT2D eigenvalue weighted by Crippen LogP contribution is 2.23. The van der Waals surface area contributed by atoms with Crippen molar-refractivity contribution in [2.45, 2.75) is 20.0 Å². The molecule has 1 aromatic heterocycles. The number of Topliss-reactive ketones (excluding diaryl/α,β-unsaturated/α-hetero) is 1. The van der Waals surface area contributed by atoms with E-state index in [1.807, 2.05) is 13.8 Å². The van der Waals surface area contributed by atoms with Crippen LogP contribution in [-0.4, -0.2) is 16.9 Å². The van der Waals surface area contributed by atoms with Crippen molar-refractivity contribution in [3.63, 3.8) is 0 Å². The number of thiazole rings is 1. The first kappa shape index (κ1) is 13.3. The second kappa shape index (κ2) is 5.26. The zero-order valence-electron chi connectivity index (χ0n) is 7.44. The van der Waals surface area contributed by atoms with Gasteiger partial charge in [0, 0.05) is 6.20 Å². The van der Waals surface area contributed by atoms with E-state index < -0.39 is 16.8 Å². The van der Waals surface area contributed by atoms with Gasteiger partial charge in [-0.15, -0.1) is 11.3 Å². The number of carbonyl (C=O) groups excluding carboxylic acids is 1. The first-order valence-corrected chi connectivity index (χ1v) is 4.94. The molecule has 0 atom stereocenters. The molecule has 2 nitrogen and oxygen atoms in total. The van der Waals surface area contributed by atoms with E-state index in [-0.39, 0.29) is 3.95 Å². The molecule has 0 unspecified atom stereocenters. The van der Waals surface area contributed by atoms with Crippen LogP contribution in [0.1, 0.15) is 23.5 Å². The Morgan fingerprint density at radius 3 is 2.29 bits per heavy atom. The molecular weight excluding hydrogens is 235 g/mol. The normalized spacial score (nSPS) is 10.4. The minimum atomic E-state index is -4.82. The molecule has 80 valence electrons. The molecule has 1 heterocycles. The predicted molar refractivity (Wildman–Crippen MR) is 51.2 cm³/mol. The van der Waals surface area contributed by atoms with Crippen molar-refractivity contribution < 1.29 is 18.0 Å². The SMILES string of the molecule is CC.O=C(c1c[nH]c(=S)s1)C(F)(F)F. The minimum absolute atomic E-state index is 0.155. The summed E-state index contributed by atoms with van der Waals surface area (Å²) < 4.78 is 35.4. The number of halogens is 3. The number of nitrogens with one attached hydrogen (secondary N) is 1. The Balaban J connectivity index is 0.000000791. The van der Waals surface area contributed by atoms with Crippen molar-refractivity contribution in [2.24, 2.45) is 0 Å². The highest BCUT2D eigenvalue weighted by Gasteiger charge is 2.40. The van der Waals surface area contributed by atoms with Crippen LogP contribution in [0.4, 0.5) is 13.2 Å². The largest absolute Gasteiger partial charge is 0.455 e. The van der Waals surface area contributed by atoms with Crippen LogP contribution in [0.25, 0.3) is 0 Å². The quantitative estimate of drug-likeness (QED) is 0.604. The smallest absolute Gasteiger partial charge is 0.343 e. The van der Waals surface area contributed by atoms with Gasteiger partial charge in [-0.1, -0.05) is 13.8 Å². The Kier molecular flexibility index (Phi) is 5.00. The van der Waals surface area contributed by atoms with E-state index in [1.165, 1.54) is 0 Å². The second-order valence-corrected chi connectivity index (χ2v) is 3.59. The molecule has 0 fully saturated rings. The molecule has 0 aliphatic heterocycles. The summed E-state index contributed by atoms with van der Waals surface area (Å²) in [6.07, 6.45) is -3.86. The number of aromatic nitrogens is 1. The number of alkyl halides is 3. The van der Waals surface area contributed by atoms with Crippen LogP contribution in [0.3, 0.4) is 0 Å². The fourth-order valence-electron chi connectivity index (χ4n) is 0.535. The lowest BCUT2D eigenvalue weighted by atomic mass is 10.3. The van der Waals surface area contributed by atoms with Gasteiger partial charge in [-0.05, 0) is 12.2 Å². The monoisotopic (exact) mass is 243 g/mol. The number of hydrogen-bond acceptors (Lipinski definition) is 3. The lowest BCUT2D eigenvalue weighted by Gasteiger charge is -2.00. The lowest BCUT2D eigenvalue weighted by Crippen LogP contribution is -2.21. The Morgan fingerprint density at radius 2 is 2.00 bits per heavy atom. The van der Waals surface area contributed by atoms with E-state index in [1.54, 1.807) is 0 Å². The first-order valence-electron chi connectivity index (χ1n) is 3.71. The molecule has 0 bridgehead atoms. The number of H-pyrrole nitrogens is 1. The van der Waals surface area contributed by atoms with Crippen molar-refractivity contribution in [2.75, 3.05) is 0 Å². The van der Waals surface area contributed by atoms with Crippen molar-refractivity contribution >= 4 is 29.3 Å². The van der Waals surface area contributed by atoms with Gasteiger partial charge in [-0.25, -0.2) is 0 Å². The summed E-state index contributed by atoms with van der Waals surface area (Å²) in [5, 5.41) is 0. The van der Waals surface area contributed by atoms with Gasteiger partial charge in [0.15, 0.2) is 3.95 Å². The van der Waals surface area contributed by atoms with Crippen molar-refractivity contribution in [1.29, 1.82) is 0 Å². The number of ketones is 1. The van der Waals surface area contributed by atoms with E-state index in [2.05, 4.69) is 17.2 Å². The third-order valence-corrected chi connectivity index (χ3v) is 2.20. The van der Waals surface area contributed by atoms with Crippen LogP contribution in [0, 0.1) is 3.95 Å². The molecule has 0 amide bonds. The van der Waals surface area contributed by atoms with Gasteiger partial charge in [-0.3, -0.25) is 4.79 Å². The third kappa shape index (κ3) is 3.59. The Labute approximate surface area is 87.8 Å². The van der Waals surface area contributed by atoms with E-state index in [0.29, 0.717) is 11.3 Å². The highest BCUT2D eigenvalue weighted by molar-refractivity contribution is 7.73. The molecule has 1 rings (SSSR count). The van der Waals surface area contributed by atoms with Gasteiger partial charge in [0.05, 0.1) is 4.88 Å². The lowest BCUT2D eigenvalue weighted by molar-refractivity contribution is -0.0882. The van der Waals surface area contributed by atoms with Gasteiger partial charge in [0.1, 0.15) is 0 Å². The second-order valence-electron chi connectivity index (χ2n) is 1.87. The Morgan fingerprint density at radius 1 is 1.50 bits per heavy atom. The fraction of sp³-hybridized carbons (Fsp3) is 0.429. The molecule has 7 heteroatoms. The maximum absolute atomic E-state index is 11.8. The number of rotatable bonds is 1. The average molecular weight is 243 g/mol. The summed E-state index contributed by atoms with van der Waals surface area (Å²) in [4.78, 5) is 12.4. The number of aromatic amines is 1. The molecule has 0 aliphatic rings. The summed E-state index contributed by atoms with van der Waals surface area (Å²) in [7, 11) is 0. The van der Waals surface area contributed by atoms with E-state index in [4.69, 9.17) is 0 Å². The molecular formula is C7H8F3NOS2. The highest BCUT2D eigenvalue weighted by atomic mass is 32.1. The average Bonchev–Trinajstić information content (AvgIpc) is 2.52. The van der Waals surface area contributed by atoms with Crippen LogP contribution in [0.5, 0.6) is 0 Å². The van der Waals surface area contributed by atoms with Gasteiger partial charge in [0.25, 0.3) is 5.78 Å². The predicted octanol–water partition coefficient (Wildman–Crippen LogP) is 3.58. The fourth-order valence-corrected chi connectivity index (χ4v) is 1.51. The zero-order chi connectivity index (χ0) is 11.4. The molecule has 1 aromatic rings. The molecule has 0 saturated heterocycles. The summed E-state index contributed by atoms with van der Waals surface area (Å²) in [5.74, 6) is -1.86. The number of hydrogen-bond donors (Lipinski definition) is 1. The minimum Gasteiger partial charge on any atom is -0.343 e. The molecule has 0 spiro atoms. The first-order chi connectivity index (χ1) is 6.41. The van der Waals surface area contributed by atoms with Crippen LogP contribution in [-0.2, 0) is 0 Å². The topological polar surface area (TPSA) is 32.9 Å². The van der Waals surface area contributed by atoms with Crippen molar-refractivity contribution in [3.8, 4) is 0 Å². The summed E-state index contributed by atoms with van der Waals surface area (Å²) >= 11 is 5.13. The summed E-state index contributed by atoms with van der Waals surface area (Å²) in [5.41, 5.74) is 0. The van der Waals surface area contributed by atoms with Crippen LogP contribution in [0.15, 0.2) is 6.20 Å². The van der Waals surface area contributed by atoms with Crippen LogP contribution >= 0.6 is 23.6 Å². The van der Waals surface area contributed by atoms with Crippen molar-refractivity contribution in [1.82, 2.24) is 4.98 Å². The molecule has 0 aromatic carbocycles. The molecule has 1 N–H and O–H groups in total. The molecule has 0 saturated carbocycles. The van der Waals surface area contributed by atoms with Gasteiger partial charge < -0.3 is 4.98 Å². The van der Waals surface area contributed by atoms with Crippen LogP contribution < -0.4 is 0 Å². The van der Waals surface area contributed by atoms with Gasteiger partial charge in [-0.2, -0.15) is 13.2 Å². The maximum atomic E-state index is 11.8. The standard InChI is InChI=1S/C5H2F3NOS2.C2H6/c6-5(7,8)3(10)2-1-9-4(11)12-2;1-2/h1H,(H,9,11);1-2H3.